The van der Waals surface area contributed by atoms with Gasteiger partial charge in [0.15, 0.2) is 11.8 Å². The molecule has 3 aliphatic carbocycles. The van der Waals surface area contributed by atoms with Gasteiger partial charge in [-0.1, -0.05) is 18.2 Å². The number of phenolic OH excluding ortho intramolecular Hbond substituents is 1. The molecule has 4 nitrogen and oxygen atoms in total. The summed E-state index contributed by atoms with van der Waals surface area (Å²) in [5.41, 5.74) is 2.24. The third-order valence-electron chi connectivity index (χ3n) is 6.57. The Hall–Kier alpha value is -1.71. The minimum absolute atomic E-state index is 0.0717. The second-order valence-electron chi connectivity index (χ2n) is 7.48. The van der Waals surface area contributed by atoms with Crippen molar-refractivity contribution in [3.63, 3.8) is 0 Å². The van der Waals surface area contributed by atoms with Gasteiger partial charge in [-0.3, -0.25) is 4.79 Å². The number of Topliss-reactive ketones (excluding diaryl/α,β-unsaturated/α-hetero) is 1. The third kappa shape index (κ3) is 1.73. The van der Waals surface area contributed by atoms with E-state index in [0.717, 1.165) is 25.7 Å². The van der Waals surface area contributed by atoms with Crippen LogP contribution in [0.3, 0.4) is 0 Å². The first-order chi connectivity index (χ1) is 10.5. The van der Waals surface area contributed by atoms with Gasteiger partial charge in [-0.25, -0.2) is 0 Å². The number of nitroso groups, excluding NO2 is 1. The molecule has 0 aliphatic heterocycles. The smallest absolute Gasteiger partial charge is 0.167 e. The monoisotopic (exact) mass is 299 g/mol. The highest BCUT2D eigenvalue weighted by molar-refractivity contribution is 5.92. The first-order valence-corrected chi connectivity index (χ1v) is 8.23. The number of aryl methyl sites for hydroxylation is 1. The van der Waals surface area contributed by atoms with Gasteiger partial charge in [0.25, 0.3) is 0 Å². The van der Waals surface area contributed by atoms with Crippen LogP contribution in [0.15, 0.2) is 23.4 Å². The molecular formula is C18H21NO3. The number of aromatic hydroxyl groups is 1. The minimum atomic E-state index is -0.630. The van der Waals surface area contributed by atoms with Gasteiger partial charge in [0.2, 0.25) is 0 Å². The van der Waals surface area contributed by atoms with Gasteiger partial charge < -0.3 is 5.11 Å². The zero-order valence-corrected chi connectivity index (χ0v) is 12.8. The summed E-state index contributed by atoms with van der Waals surface area (Å²) in [5.74, 6) is 1.61. The average molecular weight is 299 g/mol. The lowest BCUT2D eigenvalue weighted by atomic mass is 9.55. The van der Waals surface area contributed by atoms with Gasteiger partial charge in [0.05, 0.1) is 0 Å². The maximum absolute atomic E-state index is 12.5. The number of hydrogen-bond donors (Lipinski definition) is 1. The summed E-state index contributed by atoms with van der Waals surface area (Å²) < 4.78 is 0. The summed E-state index contributed by atoms with van der Waals surface area (Å²) in [6.07, 6.45) is 4.47. The van der Waals surface area contributed by atoms with Crippen LogP contribution in [0, 0.1) is 22.2 Å². The van der Waals surface area contributed by atoms with Crippen LogP contribution in [0.1, 0.15) is 49.7 Å². The first kappa shape index (κ1) is 13.9. The van der Waals surface area contributed by atoms with Crippen LogP contribution < -0.4 is 0 Å². The van der Waals surface area contributed by atoms with Crippen molar-refractivity contribution in [2.75, 3.05) is 0 Å². The molecule has 0 spiro atoms. The van der Waals surface area contributed by atoms with Crippen LogP contribution >= 0.6 is 0 Å². The molecule has 0 radical (unpaired) electrons. The van der Waals surface area contributed by atoms with Crippen molar-refractivity contribution < 1.29 is 9.90 Å². The Labute approximate surface area is 129 Å². The number of nitrogens with zero attached hydrogens (tertiary/aromatic N) is 1. The summed E-state index contributed by atoms with van der Waals surface area (Å²) in [6.45, 7) is 2.05. The second kappa shape index (κ2) is 4.64. The van der Waals surface area contributed by atoms with Gasteiger partial charge >= 0.3 is 0 Å². The van der Waals surface area contributed by atoms with Crippen molar-refractivity contribution in [1.29, 1.82) is 0 Å². The van der Waals surface area contributed by atoms with Crippen LogP contribution in [-0.2, 0) is 11.2 Å². The molecular weight excluding hydrogens is 278 g/mol. The van der Waals surface area contributed by atoms with Crippen molar-refractivity contribution in [1.82, 2.24) is 0 Å². The SMILES string of the molecule is C[C@]12CCC3c4ccc(O)cc4CCC3C1CC(N=O)C2=O. The molecule has 1 aromatic carbocycles. The van der Waals surface area contributed by atoms with E-state index >= 15 is 0 Å². The van der Waals surface area contributed by atoms with E-state index in [1.54, 1.807) is 6.07 Å². The summed E-state index contributed by atoms with van der Waals surface area (Å²) in [7, 11) is 0. The van der Waals surface area contributed by atoms with Crippen LogP contribution in [0.25, 0.3) is 0 Å². The van der Waals surface area contributed by atoms with E-state index in [0.29, 0.717) is 24.0 Å². The number of fused-ring (bicyclic) bond motifs is 5. The Balaban J connectivity index is 1.72. The molecule has 4 unspecified atom stereocenters. The lowest BCUT2D eigenvalue weighted by Gasteiger charge is -2.48. The first-order valence-electron chi connectivity index (χ1n) is 8.23. The van der Waals surface area contributed by atoms with Crippen molar-refractivity contribution in [3.05, 3.63) is 34.2 Å². The molecule has 1 aromatic rings. The molecule has 1 N–H and O–H groups in total. The fraction of sp³-hybridized carbons (Fsp3) is 0.611. The third-order valence-corrected chi connectivity index (χ3v) is 6.57. The van der Waals surface area contributed by atoms with E-state index in [4.69, 9.17) is 0 Å². The summed E-state index contributed by atoms with van der Waals surface area (Å²) in [5, 5.41) is 12.8. The number of carbonyl (C=O) groups excluding carboxylic acids is 1. The Morgan fingerprint density at radius 2 is 2.14 bits per heavy atom. The quantitative estimate of drug-likeness (QED) is 0.806. The molecule has 2 saturated carbocycles. The lowest BCUT2D eigenvalue weighted by molar-refractivity contribution is -0.130. The van der Waals surface area contributed by atoms with Gasteiger partial charge in [0.1, 0.15) is 5.75 Å². The van der Waals surface area contributed by atoms with E-state index in [2.05, 4.69) is 11.2 Å². The molecule has 0 heterocycles. The van der Waals surface area contributed by atoms with E-state index < -0.39 is 6.04 Å². The summed E-state index contributed by atoms with van der Waals surface area (Å²) in [4.78, 5) is 23.5. The number of ketones is 1. The van der Waals surface area contributed by atoms with Crippen molar-refractivity contribution in [2.24, 2.45) is 22.4 Å². The van der Waals surface area contributed by atoms with Crippen LogP contribution in [0.5, 0.6) is 5.75 Å². The van der Waals surface area contributed by atoms with E-state index in [1.165, 1.54) is 11.1 Å². The molecule has 0 saturated heterocycles. The topological polar surface area (TPSA) is 66.7 Å². The average Bonchev–Trinajstić information content (AvgIpc) is 2.78. The fourth-order valence-corrected chi connectivity index (χ4v) is 5.45. The van der Waals surface area contributed by atoms with E-state index in [9.17, 15) is 14.8 Å². The van der Waals surface area contributed by atoms with E-state index in [-0.39, 0.29) is 17.1 Å². The van der Waals surface area contributed by atoms with Crippen molar-refractivity contribution in [3.8, 4) is 5.75 Å². The van der Waals surface area contributed by atoms with Gasteiger partial charge in [-0.2, -0.15) is 4.91 Å². The van der Waals surface area contributed by atoms with Gasteiger partial charge in [0, 0.05) is 5.41 Å². The second-order valence-corrected chi connectivity index (χ2v) is 7.48. The highest BCUT2D eigenvalue weighted by Gasteiger charge is 2.58. The molecule has 2 fully saturated rings. The normalized spacial score (nSPS) is 39.8. The highest BCUT2D eigenvalue weighted by atomic mass is 16.3. The zero-order chi connectivity index (χ0) is 15.5. The molecule has 0 bridgehead atoms. The maximum Gasteiger partial charge on any atom is 0.167 e. The standard InChI is InChI=1S/C18H21NO3/c1-18-7-6-13-12-5-3-11(20)8-10(12)2-4-14(13)15(18)9-16(19-22)17(18)21/h3,5,8,13-16,20H,2,4,6-7,9H2,1H3/t13?,14?,15?,16?,18-/m0/s1. The number of carbonyl (C=O) groups is 1. The van der Waals surface area contributed by atoms with Gasteiger partial charge in [-0.15, -0.1) is 0 Å². The maximum atomic E-state index is 12.5. The molecule has 22 heavy (non-hydrogen) atoms. The number of hydrogen-bond acceptors (Lipinski definition) is 4. The molecule has 3 aliphatic rings. The van der Waals surface area contributed by atoms with Crippen LogP contribution in [0.2, 0.25) is 0 Å². The Kier molecular flexibility index (Phi) is 2.94. The number of benzene rings is 1. The Morgan fingerprint density at radius 1 is 1.32 bits per heavy atom. The molecule has 4 rings (SSSR count). The molecule has 116 valence electrons. The lowest BCUT2D eigenvalue weighted by Crippen LogP contribution is -2.42. The van der Waals surface area contributed by atoms with Crippen molar-refractivity contribution >= 4 is 5.78 Å². The highest BCUT2D eigenvalue weighted by Crippen LogP contribution is 2.60. The van der Waals surface area contributed by atoms with E-state index in [1.807, 2.05) is 13.0 Å². The number of rotatable bonds is 1. The van der Waals surface area contributed by atoms with Crippen LogP contribution in [0.4, 0.5) is 0 Å². The van der Waals surface area contributed by atoms with Crippen LogP contribution in [-0.4, -0.2) is 16.9 Å². The molecule has 0 amide bonds. The van der Waals surface area contributed by atoms with Gasteiger partial charge in [-0.05, 0) is 73.1 Å². The predicted octanol–water partition coefficient (Wildman–Crippen LogP) is 3.56. The Morgan fingerprint density at radius 3 is 2.91 bits per heavy atom. The Bertz CT molecular complexity index is 656. The predicted molar refractivity (Wildman–Crippen MR) is 82.7 cm³/mol. The largest absolute Gasteiger partial charge is 0.508 e. The molecule has 5 atom stereocenters. The minimum Gasteiger partial charge on any atom is -0.508 e. The molecule has 0 aromatic heterocycles. The summed E-state index contributed by atoms with van der Waals surface area (Å²) >= 11 is 0. The molecule has 4 heteroatoms. The fourth-order valence-electron chi connectivity index (χ4n) is 5.45. The van der Waals surface area contributed by atoms with Crippen molar-refractivity contribution in [2.45, 2.75) is 51.0 Å². The number of phenols is 1. The summed E-state index contributed by atoms with van der Waals surface area (Å²) in [6, 6.07) is 5.07. The zero-order valence-electron chi connectivity index (χ0n) is 12.8.